The van der Waals surface area contributed by atoms with Crippen LogP contribution in [-0.2, 0) is 12.5 Å². The molecule has 1 aromatic heterocycles. The van der Waals surface area contributed by atoms with Gasteiger partial charge in [-0.2, -0.15) is 0 Å². The van der Waals surface area contributed by atoms with Crippen molar-refractivity contribution >= 4 is 45.6 Å². The van der Waals surface area contributed by atoms with Crippen molar-refractivity contribution in [2.45, 2.75) is 31.3 Å². The number of ketones is 1. The number of rotatable bonds is 4. The predicted octanol–water partition coefficient (Wildman–Crippen LogP) is 5.42. The number of hydrogen-bond donors (Lipinski definition) is 0. The van der Waals surface area contributed by atoms with Crippen molar-refractivity contribution in [3.8, 4) is 0 Å². The summed E-state index contributed by atoms with van der Waals surface area (Å²) in [4.78, 5) is 17.0. The summed E-state index contributed by atoms with van der Waals surface area (Å²) < 4.78 is 2.04. The third-order valence-electron chi connectivity index (χ3n) is 4.15. The van der Waals surface area contributed by atoms with E-state index in [1.807, 2.05) is 60.1 Å². The molecule has 0 aliphatic carbocycles. The van der Waals surface area contributed by atoms with Crippen LogP contribution >= 0.6 is 28.7 Å². The van der Waals surface area contributed by atoms with E-state index in [0.29, 0.717) is 5.75 Å². The molecule has 2 aromatic carbocycles. The number of carbonyl (C=O) groups excluding carboxylic acids is 1. The Morgan fingerprint density at radius 3 is 2.32 bits per heavy atom. The minimum absolute atomic E-state index is 0. The highest BCUT2D eigenvalue weighted by molar-refractivity contribution is 8.93. The molecule has 0 bridgehead atoms. The van der Waals surface area contributed by atoms with Gasteiger partial charge in [-0.25, -0.2) is 4.98 Å². The van der Waals surface area contributed by atoms with Gasteiger partial charge in [-0.3, -0.25) is 4.79 Å². The zero-order valence-corrected chi connectivity index (χ0v) is 17.5. The zero-order chi connectivity index (χ0) is 17.3. The third-order valence-corrected chi connectivity index (χ3v) is 5.18. The number of aromatic nitrogens is 2. The molecule has 0 N–H and O–H groups in total. The van der Waals surface area contributed by atoms with Gasteiger partial charge in [0.1, 0.15) is 0 Å². The molecular formula is C20H23BrN2OS. The van der Waals surface area contributed by atoms with Gasteiger partial charge in [-0.15, -0.1) is 17.0 Å². The number of nitrogens with zero attached hydrogens (tertiary/aromatic N) is 2. The Labute approximate surface area is 163 Å². The number of imidazole rings is 1. The van der Waals surface area contributed by atoms with Gasteiger partial charge in [0.25, 0.3) is 0 Å². The van der Waals surface area contributed by atoms with Crippen LogP contribution in [0.5, 0.6) is 0 Å². The largest absolute Gasteiger partial charge is 0.322 e. The number of carbonyl (C=O) groups is 1. The predicted molar refractivity (Wildman–Crippen MR) is 111 cm³/mol. The van der Waals surface area contributed by atoms with E-state index in [4.69, 9.17) is 0 Å². The molecule has 0 saturated heterocycles. The van der Waals surface area contributed by atoms with Gasteiger partial charge in [0.15, 0.2) is 10.9 Å². The summed E-state index contributed by atoms with van der Waals surface area (Å²) >= 11 is 1.49. The average Bonchev–Trinajstić information content (AvgIpc) is 2.88. The smallest absolute Gasteiger partial charge is 0.173 e. The highest BCUT2D eigenvalue weighted by atomic mass is 79.9. The Morgan fingerprint density at radius 2 is 1.72 bits per heavy atom. The molecule has 3 rings (SSSR count). The second kappa shape index (κ2) is 7.75. The molecule has 5 heteroatoms. The molecule has 1 heterocycles. The molecule has 3 aromatic rings. The number of fused-ring (bicyclic) bond motifs is 1. The highest BCUT2D eigenvalue weighted by Gasteiger charge is 2.15. The summed E-state index contributed by atoms with van der Waals surface area (Å²) in [6.07, 6.45) is 0. The summed E-state index contributed by atoms with van der Waals surface area (Å²) in [7, 11) is 1.99. The van der Waals surface area contributed by atoms with Gasteiger partial charge in [0.05, 0.1) is 16.8 Å². The Balaban J connectivity index is 0.00000225. The lowest BCUT2D eigenvalue weighted by Gasteiger charge is -2.18. The maximum absolute atomic E-state index is 12.4. The molecular weight excluding hydrogens is 396 g/mol. The first-order valence-electron chi connectivity index (χ1n) is 8.04. The lowest BCUT2D eigenvalue weighted by Crippen LogP contribution is -2.11. The molecule has 0 radical (unpaired) electrons. The van der Waals surface area contributed by atoms with Gasteiger partial charge in [0, 0.05) is 12.6 Å². The first-order valence-corrected chi connectivity index (χ1v) is 9.03. The Morgan fingerprint density at radius 1 is 1.08 bits per heavy atom. The van der Waals surface area contributed by atoms with E-state index in [1.165, 1.54) is 17.3 Å². The first kappa shape index (κ1) is 19.7. The molecule has 132 valence electrons. The number of thioether (sulfide) groups is 1. The average molecular weight is 419 g/mol. The maximum atomic E-state index is 12.4. The van der Waals surface area contributed by atoms with Crippen LogP contribution in [0.2, 0.25) is 0 Å². The van der Waals surface area contributed by atoms with E-state index in [-0.39, 0.29) is 28.2 Å². The zero-order valence-electron chi connectivity index (χ0n) is 14.9. The summed E-state index contributed by atoms with van der Waals surface area (Å²) in [5, 5.41) is 0.871. The maximum Gasteiger partial charge on any atom is 0.173 e. The normalized spacial score (nSPS) is 11.4. The molecule has 25 heavy (non-hydrogen) atoms. The molecule has 0 saturated carbocycles. The van der Waals surface area contributed by atoms with Crippen molar-refractivity contribution in [3.05, 3.63) is 59.7 Å². The van der Waals surface area contributed by atoms with Crippen LogP contribution in [0, 0.1) is 0 Å². The summed E-state index contributed by atoms with van der Waals surface area (Å²) in [6.45, 7) is 6.52. The molecule has 0 unspecified atom stereocenters. The van der Waals surface area contributed by atoms with Crippen LogP contribution in [0.15, 0.2) is 53.7 Å². The molecule has 0 aliphatic heterocycles. The molecule has 3 nitrogen and oxygen atoms in total. The Kier molecular flexibility index (Phi) is 6.12. The SMILES string of the molecule is Br.Cn1c(SCC(=O)c2ccc(C(C)(C)C)cc2)nc2ccccc21. The monoisotopic (exact) mass is 418 g/mol. The van der Waals surface area contributed by atoms with E-state index in [0.717, 1.165) is 21.8 Å². The lowest BCUT2D eigenvalue weighted by molar-refractivity contribution is 0.102. The van der Waals surface area contributed by atoms with Crippen LogP contribution in [-0.4, -0.2) is 21.1 Å². The first-order chi connectivity index (χ1) is 11.4. The van der Waals surface area contributed by atoms with Crippen molar-refractivity contribution in [1.82, 2.24) is 9.55 Å². The van der Waals surface area contributed by atoms with Gasteiger partial charge in [0.2, 0.25) is 0 Å². The van der Waals surface area contributed by atoms with E-state index in [9.17, 15) is 4.79 Å². The molecule has 0 spiro atoms. The summed E-state index contributed by atoms with van der Waals surface area (Å²) in [5.74, 6) is 0.527. The van der Waals surface area contributed by atoms with Crippen molar-refractivity contribution in [1.29, 1.82) is 0 Å². The van der Waals surface area contributed by atoms with E-state index in [1.54, 1.807) is 0 Å². The number of halogens is 1. The van der Waals surface area contributed by atoms with Gasteiger partial charge >= 0.3 is 0 Å². The third kappa shape index (κ3) is 4.33. The van der Waals surface area contributed by atoms with Crippen LogP contribution in [0.1, 0.15) is 36.7 Å². The van der Waals surface area contributed by atoms with Crippen LogP contribution in [0.3, 0.4) is 0 Å². The van der Waals surface area contributed by atoms with Gasteiger partial charge in [-0.1, -0.05) is 68.9 Å². The lowest BCUT2D eigenvalue weighted by atomic mass is 9.86. The van der Waals surface area contributed by atoms with Crippen molar-refractivity contribution in [2.75, 3.05) is 5.75 Å². The Hall–Kier alpha value is -1.59. The highest BCUT2D eigenvalue weighted by Crippen LogP contribution is 2.25. The number of benzene rings is 2. The van der Waals surface area contributed by atoms with Crippen molar-refractivity contribution in [3.63, 3.8) is 0 Å². The molecule has 0 aliphatic rings. The van der Waals surface area contributed by atoms with Gasteiger partial charge in [-0.05, 0) is 23.1 Å². The number of aryl methyl sites for hydroxylation is 1. The molecule has 0 atom stereocenters. The second-order valence-corrected chi connectivity index (χ2v) is 7.92. The molecule has 0 amide bonds. The fourth-order valence-electron chi connectivity index (χ4n) is 2.62. The standard InChI is InChI=1S/C20H22N2OS.BrH/c1-20(2,3)15-11-9-14(10-12-15)18(23)13-24-19-21-16-7-5-6-8-17(16)22(19)4;/h5-12H,13H2,1-4H3;1H. The fourth-order valence-corrected chi connectivity index (χ4v) is 3.50. The fraction of sp³-hybridized carbons (Fsp3) is 0.300. The topological polar surface area (TPSA) is 34.9 Å². The van der Waals surface area contributed by atoms with Crippen LogP contribution in [0.25, 0.3) is 11.0 Å². The number of hydrogen-bond acceptors (Lipinski definition) is 3. The van der Waals surface area contributed by atoms with Crippen LogP contribution < -0.4 is 0 Å². The second-order valence-electron chi connectivity index (χ2n) is 6.98. The van der Waals surface area contributed by atoms with Crippen molar-refractivity contribution in [2.24, 2.45) is 7.05 Å². The van der Waals surface area contributed by atoms with Crippen LogP contribution in [0.4, 0.5) is 0 Å². The minimum atomic E-state index is 0. The van der Waals surface area contributed by atoms with Gasteiger partial charge < -0.3 is 4.57 Å². The van der Waals surface area contributed by atoms with E-state index in [2.05, 4.69) is 25.8 Å². The summed E-state index contributed by atoms with van der Waals surface area (Å²) in [5.41, 5.74) is 4.14. The van der Waals surface area contributed by atoms with E-state index >= 15 is 0 Å². The summed E-state index contributed by atoms with van der Waals surface area (Å²) in [6, 6.07) is 16.0. The number of para-hydroxylation sites is 2. The van der Waals surface area contributed by atoms with E-state index < -0.39 is 0 Å². The Bertz CT molecular complexity index is 879. The number of Topliss-reactive ketones (excluding diaryl/α,β-unsaturated/α-hetero) is 1. The molecule has 0 fully saturated rings. The van der Waals surface area contributed by atoms with Crippen molar-refractivity contribution < 1.29 is 4.79 Å². The minimum Gasteiger partial charge on any atom is -0.322 e. The quantitative estimate of drug-likeness (QED) is 0.418.